The minimum atomic E-state index is -0.450. The maximum absolute atomic E-state index is 12.1. The van der Waals surface area contributed by atoms with E-state index in [9.17, 15) is 4.79 Å². The topological polar surface area (TPSA) is 74.0 Å². The monoisotopic (exact) mass is 292 g/mol. The lowest BCUT2D eigenvalue weighted by Gasteiger charge is -2.37. The van der Waals surface area contributed by atoms with Crippen molar-refractivity contribution in [3.8, 4) is 5.75 Å². The summed E-state index contributed by atoms with van der Waals surface area (Å²) in [6, 6.07) is 7.01. The number of ether oxygens (including phenoxy) is 3. The maximum Gasteiger partial charge on any atom is 0.260 e. The number of nitrogen functional groups attached to an aromatic ring is 1. The number of benzene rings is 1. The third-order valence-corrected chi connectivity index (χ3v) is 3.93. The molecule has 1 spiro atoms. The molecule has 2 fully saturated rings. The Balaban J connectivity index is 1.47. The van der Waals surface area contributed by atoms with Gasteiger partial charge in [-0.1, -0.05) is 0 Å². The highest BCUT2D eigenvalue weighted by Crippen LogP contribution is 2.31. The van der Waals surface area contributed by atoms with Crippen molar-refractivity contribution in [2.24, 2.45) is 0 Å². The molecule has 1 aromatic rings. The third-order valence-electron chi connectivity index (χ3n) is 3.93. The number of piperidine rings is 1. The van der Waals surface area contributed by atoms with Gasteiger partial charge in [0.1, 0.15) is 5.75 Å². The molecule has 6 heteroatoms. The number of anilines is 1. The molecule has 6 nitrogen and oxygen atoms in total. The molecule has 2 heterocycles. The lowest BCUT2D eigenvalue weighted by atomic mass is 10.0. The Morgan fingerprint density at radius 2 is 1.81 bits per heavy atom. The Morgan fingerprint density at radius 3 is 2.43 bits per heavy atom. The Bertz CT molecular complexity index is 487. The van der Waals surface area contributed by atoms with Crippen LogP contribution in [0.15, 0.2) is 24.3 Å². The SMILES string of the molecule is Nc1ccc(OCC(=O)N2CCC3(CC2)OCCO3)cc1. The van der Waals surface area contributed by atoms with Gasteiger partial charge in [0.15, 0.2) is 12.4 Å². The number of carbonyl (C=O) groups excluding carboxylic acids is 1. The van der Waals surface area contributed by atoms with Crippen LogP contribution in [-0.4, -0.2) is 49.5 Å². The summed E-state index contributed by atoms with van der Waals surface area (Å²) in [6.07, 6.45) is 1.45. The van der Waals surface area contributed by atoms with Crippen LogP contribution in [0.5, 0.6) is 5.75 Å². The molecular formula is C15H20N2O4. The second-order valence-corrected chi connectivity index (χ2v) is 5.35. The molecule has 0 saturated carbocycles. The van der Waals surface area contributed by atoms with Crippen LogP contribution in [0.2, 0.25) is 0 Å². The Labute approximate surface area is 123 Å². The van der Waals surface area contributed by atoms with Gasteiger partial charge in [0, 0.05) is 31.6 Å². The standard InChI is InChI=1S/C15H20N2O4/c16-12-1-3-13(4-2-12)19-11-14(18)17-7-5-15(6-8-17)20-9-10-21-15/h1-4H,5-11,16H2. The van der Waals surface area contributed by atoms with Crippen LogP contribution in [-0.2, 0) is 14.3 Å². The first-order valence-corrected chi connectivity index (χ1v) is 7.21. The lowest BCUT2D eigenvalue weighted by molar-refractivity contribution is -0.187. The van der Waals surface area contributed by atoms with Gasteiger partial charge in [-0.3, -0.25) is 4.79 Å². The summed E-state index contributed by atoms with van der Waals surface area (Å²) >= 11 is 0. The first-order valence-electron chi connectivity index (χ1n) is 7.21. The van der Waals surface area contributed by atoms with Gasteiger partial charge in [-0.15, -0.1) is 0 Å². The first kappa shape index (κ1) is 14.2. The maximum atomic E-state index is 12.1. The minimum Gasteiger partial charge on any atom is -0.484 e. The third kappa shape index (κ3) is 3.28. The van der Waals surface area contributed by atoms with Crippen LogP contribution in [0.4, 0.5) is 5.69 Å². The Hall–Kier alpha value is -1.79. The predicted molar refractivity (Wildman–Crippen MR) is 76.8 cm³/mol. The summed E-state index contributed by atoms with van der Waals surface area (Å²) < 4.78 is 16.8. The van der Waals surface area contributed by atoms with E-state index in [0.717, 1.165) is 12.8 Å². The second kappa shape index (κ2) is 5.91. The number of hydrogen-bond acceptors (Lipinski definition) is 5. The lowest BCUT2D eigenvalue weighted by Crippen LogP contribution is -2.48. The highest BCUT2D eigenvalue weighted by atomic mass is 16.7. The van der Waals surface area contributed by atoms with Crippen molar-refractivity contribution < 1.29 is 19.0 Å². The quantitative estimate of drug-likeness (QED) is 0.842. The van der Waals surface area contributed by atoms with Crippen molar-refractivity contribution in [2.75, 3.05) is 38.6 Å². The predicted octanol–water partition coefficient (Wildman–Crippen LogP) is 1.01. The summed E-state index contributed by atoms with van der Waals surface area (Å²) in [7, 11) is 0. The molecule has 1 aromatic carbocycles. The zero-order chi connectivity index (χ0) is 14.7. The zero-order valence-electron chi connectivity index (χ0n) is 11.9. The summed E-state index contributed by atoms with van der Waals surface area (Å²) in [5.41, 5.74) is 6.27. The largest absolute Gasteiger partial charge is 0.484 e. The fourth-order valence-corrected chi connectivity index (χ4v) is 2.68. The van der Waals surface area contributed by atoms with E-state index in [1.165, 1.54) is 0 Å². The summed E-state index contributed by atoms with van der Waals surface area (Å²) in [5.74, 6) is 0.183. The Morgan fingerprint density at radius 1 is 1.19 bits per heavy atom. The van der Waals surface area contributed by atoms with Gasteiger partial charge < -0.3 is 24.8 Å². The van der Waals surface area contributed by atoms with Gasteiger partial charge in [-0.05, 0) is 24.3 Å². The second-order valence-electron chi connectivity index (χ2n) is 5.35. The van der Waals surface area contributed by atoms with Crippen molar-refractivity contribution >= 4 is 11.6 Å². The molecule has 0 aromatic heterocycles. The van der Waals surface area contributed by atoms with Crippen molar-refractivity contribution in [3.05, 3.63) is 24.3 Å². The summed E-state index contributed by atoms with van der Waals surface area (Å²) in [6.45, 7) is 2.62. The molecular weight excluding hydrogens is 272 g/mol. The first-order chi connectivity index (χ1) is 10.2. The molecule has 3 rings (SSSR count). The molecule has 114 valence electrons. The summed E-state index contributed by atoms with van der Waals surface area (Å²) in [4.78, 5) is 13.9. The molecule has 21 heavy (non-hydrogen) atoms. The fourth-order valence-electron chi connectivity index (χ4n) is 2.68. The average Bonchev–Trinajstić information content (AvgIpc) is 2.95. The number of hydrogen-bond donors (Lipinski definition) is 1. The molecule has 1 amide bonds. The van der Waals surface area contributed by atoms with E-state index in [0.29, 0.717) is 37.7 Å². The van der Waals surface area contributed by atoms with Crippen LogP contribution < -0.4 is 10.5 Å². The molecule has 0 radical (unpaired) electrons. The molecule has 0 atom stereocenters. The van der Waals surface area contributed by atoms with Gasteiger partial charge >= 0.3 is 0 Å². The molecule has 0 unspecified atom stereocenters. The van der Waals surface area contributed by atoms with Crippen molar-refractivity contribution in [1.29, 1.82) is 0 Å². The normalized spacial score (nSPS) is 20.7. The van der Waals surface area contributed by atoms with Crippen LogP contribution in [0.1, 0.15) is 12.8 Å². The molecule has 2 aliphatic rings. The van der Waals surface area contributed by atoms with Crippen LogP contribution >= 0.6 is 0 Å². The zero-order valence-corrected chi connectivity index (χ0v) is 11.9. The van der Waals surface area contributed by atoms with Crippen LogP contribution in [0, 0.1) is 0 Å². The van der Waals surface area contributed by atoms with E-state index in [2.05, 4.69) is 0 Å². The minimum absolute atomic E-state index is 0.0142. The van der Waals surface area contributed by atoms with E-state index in [4.69, 9.17) is 19.9 Å². The smallest absolute Gasteiger partial charge is 0.260 e. The van der Waals surface area contributed by atoms with Gasteiger partial charge in [-0.2, -0.15) is 0 Å². The molecule has 0 aliphatic carbocycles. The van der Waals surface area contributed by atoms with Crippen molar-refractivity contribution in [3.63, 3.8) is 0 Å². The van der Waals surface area contributed by atoms with Crippen LogP contribution in [0.25, 0.3) is 0 Å². The molecule has 2 aliphatic heterocycles. The highest BCUT2D eigenvalue weighted by Gasteiger charge is 2.40. The average molecular weight is 292 g/mol. The van der Waals surface area contributed by atoms with Gasteiger partial charge in [0.2, 0.25) is 0 Å². The van der Waals surface area contributed by atoms with Crippen molar-refractivity contribution in [1.82, 2.24) is 4.90 Å². The molecule has 0 bridgehead atoms. The van der Waals surface area contributed by atoms with Gasteiger partial charge in [0.25, 0.3) is 5.91 Å². The van der Waals surface area contributed by atoms with Crippen LogP contribution in [0.3, 0.4) is 0 Å². The van der Waals surface area contributed by atoms with E-state index >= 15 is 0 Å². The van der Waals surface area contributed by atoms with E-state index in [1.807, 2.05) is 0 Å². The number of nitrogens with two attached hydrogens (primary N) is 1. The van der Waals surface area contributed by atoms with E-state index in [1.54, 1.807) is 29.2 Å². The number of likely N-dealkylation sites (tertiary alicyclic amines) is 1. The highest BCUT2D eigenvalue weighted by molar-refractivity contribution is 5.77. The number of carbonyl (C=O) groups is 1. The van der Waals surface area contributed by atoms with Gasteiger partial charge in [0.05, 0.1) is 13.2 Å². The number of rotatable bonds is 3. The van der Waals surface area contributed by atoms with E-state index < -0.39 is 5.79 Å². The van der Waals surface area contributed by atoms with Gasteiger partial charge in [-0.25, -0.2) is 0 Å². The number of amides is 1. The Kier molecular flexibility index (Phi) is 3.98. The van der Waals surface area contributed by atoms with E-state index in [-0.39, 0.29) is 12.5 Å². The molecule has 2 saturated heterocycles. The van der Waals surface area contributed by atoms with Crippen molar-refractivity contribution in [2.45, 2.75) is 18.6 Å². The number of nitrogens with zero attached hydrogens (tertiary/aromatic N) is 1. The summed E-state index contributed by atoms with van der Waals surface area (Å²) in [5, 5.41) is 0. The molecule has 2 N–H and O–H groups in total. The fraction of sp³-hybridized carbons (Fsp3) is 0.533.